The van der Waals surface area contributed by atoms with Crippen LogP contribution in [0.2, 0.25) is 0 Å². The molecule has 0 bridgehead atoms. The fraction of sp³-hybridized carbons (Fsp3) is 1.00. The van der Waals surface area contributed by atoms with Crippen LogP contribution in [0.15, 0.2) is 0 Å². The van der Waals surface area contributed by atoms with Crippen molar-refractivity contribution in [1.29, 1.82) is 0 Å². The molecule has 1 saturated heterocycles. The summed E-state index contributed by atoms with van der Waals surface area (Å²) in [6.07, 6.45) is 5.07. The predicted molar refractivity (Wildman–Crippen MR) is 63.8 cm³/mol. The minimum atomic E-state index is -2.77. The first kappa shape index (κ1) is 13.0. The Morgan fingerprint density at radius 3 is 2.60 bits per heavy atom. The summed E-state index contributed by atoms with van der Waals surface area (Å²) < 4.78 is 23.2. The van der Waals surface area contributed by atoms with Crippen LogP contribution in [0.4, 0.5) is 0 Å². The lowest BCUT2D eigenvalue weighted by Gasteiger charge is -2.18. The fourth-order valence-corrected chi connectivity index (χ4v) is 3.96. The zero-order chi connectivity index (χ0) is 11.3. The third kappa shape index (κ3) is 3.76. The molecule has 0 aliphatic carbocycles. The van der Waals surface area contributed by atoms with Crippen LogP contribution in [0, 0.1) is 0 Å². The van der Waals surface area contributed by atoms with Gasteiger partial charge in [0.1, 0.15) is 0 Å². The highest BCUT2D eigenvalue weighted by Gasteiger charge is 2.31. The Morgan fingerprint density at radius 2 is 2.13 bits per heavy atom. The number of hydrogen-bond donors (Lipinski definition) is 1. The van der Waals surface area contributed by atoms with Crippen LogP contribution in [0.1, 0.15) is 46.0 Å². The van der Waals surface area contributed by atoms with Gasteiger partial charge in [-0.25, -0.2) is 8.42 Å². The van der Waals surface area contributed by atoms with E-state index in [1.807, 2.05) is 0 Å². The Morgan fingerprint density at radius 1 is 1.40 bits per heavy atom. The maximum atomic E-state index is 11.6. The highest BCUT2D eigenvalue weighted by molar-refractivity contribution is 7.92. The summed E-state index contributed by atoms with van der Waals surface area (Å²) in [7, 11) is -2.77. The summed E-state index contributed by atoms with van der Waals surface area (Å²) in [5.74, 6) is 0.393. The van der Waals surface area contributed by atoms with E-state index in [1.165, 1.54) is 0 Å². The van der Waals surface area contributed by atoms with Crippen LogP contribution in [0.3, 0.4) is 0 Å². The van der Waals surface area contributed by atoms with Crippen LogP contribution in [0.25, 0.3) is 0 Å². The quantitative estimate of drug-likeness (QED) is 0.760. The third-order valence-electron chi connectivity index (χ3n) is 3.23. The molecule has 0 radical (unpaired) electrons. The standard InChI is InChI=1S/C11H23NO2S/c1-3-6-10(4-2)12-9-11-7-5-8-15(11,13)14/h10-12H,3-9H2,1-2H3. The zero-order valence-electron chi connectivity index (χ0n) is 9.83. The minimum absolute atomic E-state index is 0.122. The lowest BCUT2D eigenvalue weighted by atomic mass is 10.1. The van der Waals surface area contributed by atoms with Gasteiger partial charge in [-0.15, -0.1) is 0 Å². The smallest absolute Gasteiger partial charge is 0.154 e. The van der Waals surface area contributed by atoms with Gasteiger partial charge in [-0.3, -0.25) is 0 Å². The molecule has 2 unspecified atom stereocenters. The van der Waals surface area contributed by atoms with Crippen molar-refractivity contribution >= 4 is 9.84 Å². The first-order chi connectivity index (χ1) is 7.10. The van der Waals surface area contributed by atoms with Gasteiger partial charge in [-0.1, -0.05) is 20.3 Å². The van der Waals surface area contributed by atoms with Crippen LogP contribution < -0.4 is 5.32 Å². The molecule has 15 heavy (non-hydrogen) atoms. The van der Waals surface area contributed by atoms with Gasteiger partial charge in [0.2, 0.25) is 0 Å². The zero-order valence-corrected chi connectivity index (χ0v) is 10.6. The number of rotatable bonds is 6. The summed E-state index contributed by atoms with van der Waals surface area (Å²) in [4.78, 5) is 0. The molecule has 1 aliphatic heterocycles. The van der Waals surface area contributed by atoms with E-state index in [0.717, 1.165) is 32.1 Å². The molecular weight excluding hydrogens is 210 g/mol. The second kappa shape index (κ2) is 5.85. The van der Waals surface area contributed by atoms with E-state index in [2.05, 4.69) is 19.2 Å². The number of hydrogen-bond acceptors (Lipinski definition) is 3. The van der Waals surface area contributed by atoms with Gasteiger partial charge < -0.3 is 5.32 Å². The predicted octanol–water partition coefficient (Wildman–Crippen LogP) is 1.73. The Bertz CT molecular complexity index is 274. The molecule has 2 atom stereocenters. The van der Waals surface area contributed by atoms with Crippen LogP contribution in [-0.2, 0) is 9.84 Å². The molecule has 90 valence electrons. The molecule has 0 amide bonds. The van der Waals surface area contributed by atoms with E-state index < -0.39 is 9.84 Å². The SMILES string of the molecule is CCCC(CC)NCC1CCCS1(=O)=O. The van der Waals surface area contributed by atoms with Crippen molar-refractivity contribution in [3.05, 3.63) is 0 Å². The molecule has 0 spiro atoms. The Hall–Kier alpha value is -0.0900. The molecule has 1 aliphatic rings. The van der Waals surface area contributed by atoms with Crippen molar-refractivity contribution in [3.63, 3.8) is 0 Å². The summed E-state index contributed by atoms with van der Waals surface area (Å²) in [6, 6.07) is 0.491. The minimum Gasteiger partial charge on any atom is -0.313 e. The molecule has 0 aromatic rings. The van der Waals surface area contributed by atoms with Crippen molar-refractivity contribution in [2.75, 3.05) is 12.3 Å². The first-order valence-corrected chi connectivity index (χ1v) is 7.76. The van der Waals surface area contributed by atoms with E-state index in [1.54, 1.807) is 0 Å². The lowest BCUT2D eigenvalue weighted by Crippen LogP contribution is -2.37. The topological polar surface area (TPSA) is 46.2 Å². The molecule has 1 fully saturated rings. The van der Waals surface area contributed by atoms with Gasteiger partial charge in [-0.05, 0) is 25.7 Å². The van der Waals surface area contributed by atoms with Gasteiger partial charge in [0.25, 0.3) is 0 Å². The maximum absolute atomic E-state index is 11.6. The van der Waals surface area contributed by atoms with Gasteiger partial charge in [0, 0.05) is 12.6 Å². The number of sulfone groups is 1. The summed E-state index contributed by atoms with van der Waals surface area (Å²) in [6.45, 7) is 4.97. The molecule has 4 heteroatoms. The second-order valence-corrected chi connectivity index (χ2v) is 6.83. The van der Waals surface area contributed by atoms with E-state index in [4.69, 9.17) is 0 Å². The van der Waals surface area contributed by atoms with Gasteiger partial charge in [0.15, 0.2) is 9.84 Å². The average Bonchev–Trinajstić information content (AvgIpc) is 2.52. The number of nitrogens with one attached hydrogen (secondary N) is 1. The molecule has 1 rings (SSSR count). The largest absolute Gasteiger partial charge is 0.313 e. The van der Waals surface area contributed by atoms with Crippen LogP contribution in [0.5, 0.6) is 0 Å². The van der Waals surface area contributed by atoms with E-state index >= 15 is 0 Å². The highest BCUT2D eigenvalue weighted by Crippen LogP contribution is 2.19. The fourth-order valence-electron chi connectivity index (χ4n) is 2.18. The molecule has 0 aromatic heterocycles. The normalized spacial score (nSPS) is 26.7. The van der Waals surface area contributed by atoms with Gasteiger partial charge >= 0.3 is 0 Å². The van der Waals surface area contributed by atoms with Crippen molar-refractivity contribution < 1.29 is 8.42 Å². The Kier molecular flexibility index (Phi) is 5.06. The molecule has 1 heterocycles. The van der Waals surface area contributed by atoms with Crippen molar-refractivity contribution in [1.82, 2.24) is 5.32 Å². The molecule has 1 N–H and O–H groups in total. The highest BCUT2D eigenvalue weighted by atomic mass is 32.2. The van der Waals surface area contributed by atoms with Crippen molar-refractivity contribution in [2.24, 2.45) is 0 Å². The van der Waals surface area contributed by atoms with E-state index in [-0.39, 0.29) is 5.25 Å². The van der Waals surface area contributed by atoms with Crippen molar-refractivity contribution in [3.8, 4) is 0 Å². The average molecular weight is 233 g/mol. The molecule has 0 saturated carbocycles. The summed E-state index contributed by atoms with van der Waals surface area (Å²) in [5.41, 5.74) is 0. The Labute approximate surface area is 93.6 Å². The summed E-state index contributed by atoms with van der Waals surface area (Å²) >= 11 is 0. The molecule has 3 nitrogen and oxygen atoms in total. The van der Waals surface area contributed by atoms with E-state index in [0.29, 0.717) is 18.3 Å². The van der Waals surface area contributed by atoms with Crippen LogP contribution >= 0.6 is 0 Å². The second-order valence-electron chi connectivity index (χ2n) is 4.43. The van der Waals surface area contributed by atoms with Crippen LogP contribution in [-0.4, -0.2) is 32.0 Å². The van der Waals surface area contributed by atoms with Gasteiger partial charge in [0.05, 0.1) is 11.0 Å². The first-order valence-electron chi connectivity index (χ1n) is 6.05. The molecule has 0 aromatic carbocycles. The summed E-state index contributed by atoms with van der Waals surface area (Å²) in [5, 5.41) is 3.27. The Balaban J connectivity index is 2.35. The van der Waals surface area contributed by atoms with Gasteiger partial charge in [-0.2, -0.15) is 0 Å². The molecular formula is C11H23NO2S. The van der Waals surface area contributed by atoms with E-state index in [9.17, 15) is 8.42 Å². The third-order valence-corrected chi connectivity index (χ3v) is 5.50. The lowest BCUT2D eigenvalue weighted by molar-refractivity contribution is 0.456. The van der Waals surface area contributed by atoms with Crippen molar-refractivity contribution in [2.45, 2.75) is 57.2 Å². The maximum Gasteiger partial charge on any atom is 0.154 e. The monoisotopic (exact) mass is 233 g/mol.